The standard InChI is InChI=1S/C20H22N6O2/c1-4-18(27)25-8-6-14-17(25)9-20(14,2)28-19-16-5-7-21-26(16)12-15(23-19)13-10-22-24(3)11-13/h4-5,7,10-12,14,17H,1,6,8-9H2,2-3H3/t14-,17?,20+/m1/s1. The summed E-state index contributed by atoms with van der Waals surface area (Å²) in [6.07, 6.45) is 10.4. The maximum absolute atomic E-state index is 12.1. The van der Waals surface area contributed by atoms with Crippen LogP contribution in [0.1, 0.15) is 19.8 Å². The van der Waals surface area contributed by atoms with Crippen LogP contribution in [0.5, 0.6) is 5.88 Å². The van der Waals surface area contributed by atoms with Gasteiger partial charge in [-0.3, -0.25) is 9.48 Å². The van der Waals surface area contributed by atoms with Gasteiger partial charge in [0.2, 0.25) is 11.8 Å². The van der Waals surface area contributed by atoms with Gasteiger partial charge in [0, 0.05) is 43.7 Å². The minimum atomic E-state index is -0.355. The average Bonchev–Trinajstić information content (AvgIpc) is 3.39. The Morgan fingerprint density at radius 3 is 3.00 bits per heavy atom. The number of amides is 1. The molecule has 0 N–H and O–H groups in total. The molecule has 28 heavy (non-hydrogen) atoms. The summed E-state index contributed by atoms with van der Waals surface area (Å²) < 4.78 is 10.0. The van der Waals surface area contributed by atoms with Crippen molar-refractivity contribution >= 4 is 11.4 Å². The highest BCUT2D eigenvalue weighted by Crippen LogP contribution is 2.50. The number of carbonyl (C=O) groups excluding carboxylic acids is 1. The van der Waals surface area contributed by atoms with Crippen molar-refractivity contribution in [3.05, 3.63) is 43.5 Å². The second-order valence-electron chi connectivity index (χ2n) is 7.81. The van der Waals surface area contributed by atoms with E-state index in [0.717, 1.165) is 36.2 Å². The molecule has 0 spiro atoms. The molecule has 2 aliphatic rings. The number of likely N-dealkylation sites (tertiary alicyclic amines) is 1. The molecule has 0 bridgehead atoms. The van der Waals surface area contributed by atoms with Gasteiger partial charge < -0.3 is 9.64 Å². The Morgan fingerprint density at radius 1 is 1.39 bits per heavy atom. The van der Waals surface area contributed by atoms with Gasteiger partial charge in [0.1, 0.15) is 11.1 Å². The Labute approximate surface area is 162 Å². The van der Waals surface area contributed by atoms with E-state index < -0.39 is 0 Å². The van der Waals surface area contributed by atoms with E-state index in [-0.39, 0.29) is 17.6 Å². The maximum Gasteiger partial charge on any atom is 0.246 e. The predicted molar refractivity (Wildman–Crippen MR) is 103 cm³/mol. The van der Waals surface area contributed by atoms with Crippen LogP contribution in [0.15, 0.2) is 43.5 Å². The molecule has 8 nitrogen and oxygen atoms in total. The SMILES string of the molecule is C=CC(=O)N1CC[C@@H]2C1C[C@]2(C)Oc1nc(-c2cnn(C)c2)cn2nccc12. The number of aromatic nitrogens is 5. The van der Waals surface area contributed by atoms with Crippen molar-refractivity contribution in [2.75, 3.05) is 6.54 Å². The molecule has 3 atom stereocenters. The summed E-state index contributed by atoms with van der Waals surface area (Å²) in [5.41, 5.74) is 2.14. The molecule has 1 amide bonds. The lowest BCUT2D eigenvalue weighted by molar-refractivity contribution is -0.136. The van der Waals surface area contributed by atoms with Crippen molar-refractivity contribution < 1.29 is 9.53 Å². The highest BCUT2D eigenvalue weighted by atomic mass is 16.5. The summed E-state index contributed by atoms with van der Waals surface area (Å²) >= 11 is 0. The van der Waals surface area contributed by atoms with Crippen LogP contribution >= 0.6 is 0 Å². The Morgan fingerprint density at radius 2 is 2.25 bits per heavy atom. The van der Waals surface area contributed by atoms with Gasteiger partial charge in [-0.15, -0.1) is 0 Å². The Balaban J connectivity index is 1.46. The van der Waals surface area contributed by atoms with Gasteiger partial charge in [0.25, 0.3) is 0 Å². The Kier molecular flexibility index (Phi) is 3.59. The number of aryl methyl sites for hydroxylation is 1. The van der Waals surface area contributed by atoms with Crippen molar-refractivity contribution in [2.45, 2.75) is 31.4 Å². The lowest BCUT2D eigenvalue weighted by Crippen LogP contribution is -2.61. The smallest absolute Gasteiger partial charge is 0.246 e. The quantitative estimate of drug-likeness (QED) is 0.650. The fraction of sp³-hybridized carbons (Fsp3) is 0.400. The number of hydrogen-bond donors (Lipinski definition) is 0. The number of carbonyl (C=O) groups is 1. The first kappa shape index (κ1) is 17.0. The minimum absolute atomic E-state index is 0.00410. The number of ether oxygens (including phenoxy) is 1. The molecule has 3 aromatic rings. The van der Waals surface area contributed by atoms with Gasteiger partial charge in [-0.2, -0.15) is 10.2 Å². The number of nitrogens with zero attached hydrogens (tertiary/aromatic N) is 6. The maximum atomic E-state index is 12.1. The van der Waals surface area contributed by atoms with E-state index in [1.165, 1.54) is 6.08 Å². The zero-order valence-electron chi connectivity index (χ0n) is 15.9. The summed E-state index contributed by atoms with van der Waals surface area (Å²) in [5.74, 6) is 0.862. The molecule has 0 aromatic carbocycles. The molecule has 1 aliphatic heterocycles. The van der Waals surface area contributed by atoms with Crippen LogP contribution in [0.3, 0.4) is 0 Å². The lowest BCUT2D eigenvalue weighted by Gasteiger charge is -2.51. The zero-order valence-corrected chi connectivity index (χ0v) is 15.9. The third-order valence-electron chi connectivity index (χ3n) is 6.09. The highest BCUT2D eigenvalue weighted by molar-refractivity contribution is 5.87. The first-order chi connectivity index (χ1) is 13.5. The predicted octanol–water partition coefficient (Wildman–Crippen LogP) is 2.07. The summed E-state index contributed by atoms with van der Waals surface area (Å²) in [6, 6.07) is 2.12. The van der Waals surface area contributed by atoms with Crippen molar-refractivity contribution in [1.29, 1.82) is 0 Å². The van der Waals surface area contributed by atoms with Crippen molar-refractivity contribution in [1.82, 2.24) is 29.3 Å². The van der Waals surface area contributed by atoms with Crippen LogP contribution in [0.4, 0.5) is 0 Å². The van der Waals surface area contributed by atoms with E-state index >= 15 is 0 Å². The minimum Gasteiger partial charge on any atom is -0.469 e. The number of rotatable bonds is 4. The normalized spacial score (nSPS) is 26.1. The first-order valence-electron chi connectivity index (χ1n) is 9.44. The molecule has 8 heteroatoms. The van der Waals surface area contributed by atoms with Gasteiger partial charge >= 0.3 is 0 Å². The summed E-state index contributed by atoms with van der Waals surface area (Å²) in [5, 5.41) is 8.59. The van der Waals surface area contributed by atoms with Gasteiger partial charge in [0.05, 0.1) is 24.3 Å². The molecule has 0 radical (unpaired) electrons. The molecule has 3 aromatic heterocycles. The lowest BCUT2D eigenvalue weighted by atomic mass is 9.66. The molecule has 4 heterocycles. The average molecular weight is 378 g/mol. The fourth-order valence-corrected chi connectivity index (χ4v) is 4.62. The van der Waals surface area contributed by atoms with Crippen LogP contribution in [-0.4, -0.2) is 53.4 Å². The summed E-state index contributed by atoms with van der Waals surface area (Å²) in [7, 11) is 1.87. The van der Waals surface area contributed by atoms with Gasteiger partial charge in [-0.05, 0) is 25.5 Å². The molecular weight excluding hydrogens is 356 g/mol. The fourth-order valence-electron chi connectivity index (χ4n) is 4.62. The Hall–Kier alpha value is -3.16. The topological polar surface area (TPSA) is 77.6 Å². The molecule has 2 fully saturated rings. The molecule has 1 saturated carbocycles. The monoisotopic (exact) mass is 378 g/mol. The molecule has 1 unspecified atom stereocenters. The van der Waals surface area contributed by atoms with E-state index in [0.29, 0.717) is 11.8 Å². The van der Waals surface area contributed by atoms with E-state index in [9.17, 15) is 4.79 Å². The first-order valence-corrected chi connectivity index (χ1v) is 9.44. The Bertz CT molecular complexity index is 1090. The third kappa shape index (κ3) is 2.44. The van der Waals surface area contributed by atoms with Gasteiger partial charge in [-0.25, -0.2) is 9.50 Å². The summed E-state index contributed by atoms with van der Waals surface area (Å²) in [6.45, 7) is 6.48. The second kappa shape index (κ2) is 5.92. The highest BCUT2D eigenvalue weighted by Gasteiger charge is 2.59. The van der Waals surface area contributed by atoms with Crippen LogP contribution in [-0.2, 0) is 11.8 Å². The van der Waals surface area contributed by atoms with E-state index in [1.54, 1.807) is 21.6 Å². The van der Waals surface area contributed by atoms with Crippen molar-refractivity contribution in [3.8, 4) is 17.1 Å². The van der Waals surface area contributed by atoms with Crippen LogP contribution < -0.4 is 4.74 Å². The molecule has 1 aliphatic carbocycles. The third-order valence-corrected chi connectivity index (χ3v) is 6.09. The summed E-state index contributed by atoms with van der Waals surface area (Å²) in [4.78, 5) is 18.7. The van der Waals surface area contributed by atoms with Crippen LogP contribution in [0.25, 0.3) is 16.8 Å². The van der Waals surface area contributed by atoms with Crippen LogP contribution in [0, 0.1) is 5.92 Å². The van der Waals surface area contributed by atoms with Crippen LogP contribution in [0.2, 0.25) is 0 Å². The zero-order chi connectivity index (χ0) is 19.5. The number of hydrogen-bond acceptors (Lipinski definition) is 5. The van der Waals surface area contributed by atoms with Crippen molar-refractivity contribution in [2.24, 2.45) is 13.0 Å². The van der Waals surface area contributed by atoms with Gasteiger partial charge in [-0.1, -0.05) is 6.58 Å². The van der Waals surface area contributed by atoms with E-state index in [4.69, 9.17) is 9.72 Å². The molecular formula is C20H22N6O2. The largest absolute Gasteiger partial charge is 0.469 e. The van der Waals surface area contributed by atoms with E-state index in [2.05, 4.69) is 23.7 Å². The van der Waals surface area contributed by atoms with E-state index in [1.807, 2.05) is 30.4 Å². The second-order valence-corrected chi connectivity index (χ2v) is 7.81. The number of fused-ring (bicyclic) bond motifs is 2. The van der Waals surface area contributed by atoms with Gasteiger partial charge in [0.15, 0.2) is 0 Å². The molecule has 144 valence electrons. The molecule has 5 rings (SSSR count). The van der Waals surface area contributed by atoms with Crippen molar-refractivity contribution in [3.63, 3.8) is 0 Å². The molecule has 1 saturated heterocycles.